The van der Waals surface area contributed by atoms with E-state index in [9.17, 15) is 9.18 Å². The van der Waals surface area contributed by atoms with E-state index in [0.29, 0.717) is 16.9 Å². The molecule has 0 aromatic heterocycles. The van der Waals surface area contributed by atoms with E-state index in [1.165, 1.54) is 12.1 Å². The summed E-state index contributed by atoms with van der Waals surface area (Å²) in [5, 5.41) is 2.22. The lowest BCUT2D eigenvalue weighted by atomic mass is 10.2. The smallest absolute Gasteiger partial charge is 0.257 e. The Bertz CT molecular complexity index is 676. The second-order valence-corrected chi connectivity index (χ2v) is 4.67. The van der Waals surface area contributed by atoms with Crippen molar-refractivity contribution in [3.05, 3.63) is 65.5 Å². The van der Waals surface area contributed by atoms with Crippen LogP contribution in [0.4, 0.5) is 4.39 Å². The lowest BCUT2D eigenvalue weighted by molar-refractivity contribution is 0.0977. The number of benzene rings is 2. The van der Waals surface area contributed by atoms with Crippen molar-refractivity contribution >= 4 is 23.2 Å². The molecule has 2 aromatic rings. The molecule has 0 saturated heterocycles. The van der Waals surface area contributed by atoms with Crippen LogP contribution < -0.4 is 15.8 Å². The molecular weight excluding hydrogens is 291 g/mol. The van der Waals surface area contributed by atoms with Crippen LogP contribution in [0.5, 0.6) is 5.75 Å². The number of thiocarbonyl (C=S) groups is 1. The van der Waals surface area contributed by atoms with Gasteiger partial charge in [-0.25, -0.2) is 4.39 Å². The van der Waals surface area contributed by atoms with E-state index in [4.69, 9.17) is 10.5 Å². The quantitative estimate of drug-likeness (QED) is 0.851. The molecule has 0 fully saturated rings. The van der Waals surface area contributed by atoms with Crippen molar-refractivity contribution in [3.8, 4) is 5.75 Å². The van der Waals surface area contributed by atoms with Gasteiger partial charge in [-0.3, -0.25) is 10.1 Å². The van der Waals surface area contributed by atoms with E-state index in [-0.39, 0.29) is 17.5 Å². The Morgan fingerprint density at radius 1 is 1.24 bits per heavy atom. The second-order valence-electron chi connectivity index (χ2n) is 4.23. The first-order chi connectivity index (χ1) is 10.1. The maximum absolute atomic E-state index is 13.5. The molecule has 0 spiro atoms. The molecule has 0 aliphatic rings. The van der Waals surface area contributed by atoms with Gasteiger partial charge in [-0.15, -0.1) is 0 Å². The summed E-state index contributed by atoms with van der Waals surface area (Å²) >= 11 is 4.61. The van der Waals surface area contributed by atoms with Gasteiger partial charge in [0, 0.05) is 11.1 Å². The predicted molar refractivity (Wildman–Crippen MR) is 81.4 cm³/mol. The van der Waals surface area contributed by atoms with E-state index in [2.05, 4.69) is 17.5 Å². The first-order valence-corrected chi connectivity index (χ1v) is 6.54. The lowest BCUT2D eigenvalue weighted by Crippen LogP contribution is -2.34. The van der Waals surface area contributed by atoms with Crippen LogP contribution in [-0.4, -0.2) is 11.0 Å². The van der Waals surface area contributed by atoms with Gasteiger partial charge >= 0.3 is 0 Å². The minimum absolute atomic E-state index is 0.0764. The van der Waals surface area contributed by atoms with Crippen LogP contribution in [0.25, 0.3) is 0 Å². The van der Waals surface area contributed by atoms with Gasteiger partial charge in [-0.1, -0.05) is 24.3 Å². The maximum atomic E-state index is 13.5. The topological polar surface area (TPSA) is 64.3 Å². The highest BCUT2D eigenvalue weighted by Crippen LogP contribution is 2.16. The van der Waals surface area contributed by atoms with Crippen molar-refractivity contribution in [3.63, 3.8) is 0 Å². The fourth-order valence-corrected chi connectivity index (χ4v) is 1.78. The molecule has 2 aromatic carbocycles. The van der Waals surface area contributed by atoms with Gasteiger partial charge in [0.1, 0.15) is 18.2 Å². The number of carbonyl (C=O) groups excluding carboxylic acids is 1. The molecule has 108 valence electrons. The molecule has 3 N–H and O–H groups in total. The first-order valence-electron chi connectivity index (χ1n) is 6.13. The lowest BCUT2D eigenvalue weighted by Gasteiger charge is -2.09. The van der Waals surface area contributed by atoms with Crippen molar-refractivity contribution in [2.45, 2.75) is 6.61 Å². The van der Waals surface area contributed by atoms with Crippen molar-refractivity contribution in [1.82, 2.24) is 5.32 Å². The van der Waals surface area contributed by atoms with Crippen LogP contribution in [0.2, 0.25) is 0 Å². The van der Waals surface area contributed by atoms with Gasteiger partial charge in [0.05, 0.1) is 0 Å². The molecule has 0 bridgehead atoms. The summed E-state index contributed by atoms with van der Waals surface area (Å²) in [5.74, 6) is -0.299. The molecule has 0 heterocycles. The number of hydrogen-bond donors (Lipinski definition) is 2. The third-order valence-corrected chi connectivity index (χ3v) is 2.79. The third kappa shape index (κ3) is 4.25. The summed E-state index contributed by atoms with van der Waals surface area (Å²) in [6.07, 6.45) is 0. The van der Waals surface area contributed by atoms with Crippen molar-refractivity contribution < 1.29 is 13.9 Å². The number of amides is 1. The van der Waals surface area contributed by atoms with E-state index in [1.807, 2.05) is 0 Å². The van der Waals surface area contributed by atoms with Crippen molar-refractivity contribution in [2.75, 3.05) is 0 Å². The number of hydrogen-bond acceptors (Lipinski definition) is 3. The molecular formula is C15H13FN2O2S. The van der Waals surface area contributed by atoms with Crippen LogP contribution in [0.3, 0.4) is 0 Å². The molecule has 21 heavy (non-hydrogen) atoms. The van der Waals surface area contributed by atoms with Crippen LogP contribution >= 0.6 is 12.2 Å². The molecule has 6 heteroatoms. The van der Waals surface area contributed by atoms with E-state index < -0.39 is 5.91 Å². The molecule has 0 aliphatic heterocycles. The zero-order chi connectivity index (χ0) is 15.2. The molecule has 0 unspecified atom stereocenters. The van der Waals surface area contributed by atoms with E-state index in [1.54, 1.807) is 36.4 Å². The Hall–Kier alpha value is -2.47. The summed E-state index contributed by atoms with van der Waals surface area (Å²) < 4.78 is 19.0. The Labute approximate surface area is 126 Å². The summed E-state index contributed by atoms with van der Waals surface area (Å²) in [6.45, 7) is 0.0764. The Morgan fingerprint density at radius 3 is 2.71 bits per heavy atom. The van der Waals surface area contributed by atoms with Gasteiger partial charge in [0.2, 0.25) is 0 Å². The van der Waals surface area contributed by atoms with Crippen LogP contribution in [0, 0.1) is 5.82 Å². The number of carbonyl (C=O) groups is 1. The number of nitrogens with two attached hydrogens (primary N) is 1. The summed E-state index contributed by atoms with van der Waals surface area (Å²) in [4.78, 5) is 11.7. The van der Waals surface area contributed by atoms with Crippen molar-refractivity contribution in [2.24, 2.45) is 5.73 Å². The minimum Gasteiger partial charge on any atom is -0.489 e. The van der Waals surface area contributed by atoms with E-state index >= 15 is 0 Å². The monoisotopic (exact) mass is 304 g/mol. The predicted octanol–water partition coefficient (Wildman–Crippen LogP) is 2.38. The number of nitrogens with one attached hydrogen (secondary N) is 1. The second kappa shape index (κ2) is 6.81. The fraction of sp³-hybridized carbons (Fsp3) is 0.0667. The van der Waals surface area contributed by atoms with Gasteiger partial charge in [0.15, 0.2) is 5.11 Å². The molecule has 2 rings (SSSR count). The van der Waals surface area contributed by atoms with Crippen LogP contribution in [-0.2, 0) is 6.61 Å². The number of halogens is 1. The van der Waals surface area contributed by atoms with Crippen LogP contribution in [0.1, 0.15) is 15.9 Å². The Balaban J connectivity index is 2.06. The SMILES string of the molecule is NC(=S)NC(=O)c1cccc(OCc2ccccc2F)c1. The summed E-state index contributed by atoms with van der Waals surface area (Å²) in [6, 6.07) is 12.8. The normalized spacial score (nSPS) is 9.95. The average Bonchev–Trinajstić information content (AvgIpc) is 2.46. The largest absolute Gasteiger partial charge is 0.489 e. The van der Waals surface area contributed by atoms with Gasteiger partial charge in [-0.05, 0) is 36.5 Å². The van der Waals surface area contributed by atoms with Gasteiger partial charge in [0.25, 0.3) is 5.91 Å². The molecule has 4 nitrogen and oxygen atoms in total. The Kier molecular flexibility index (Phi) is 4.84. The molecule has 0 aliphatic carbocycles. The maximum Gasteiger partial charge on any atom is 0.257 e. The number of rotatable bonds is 4. The zero-order valence-corrected chi connectivity index (χ0v) is 11.8. The Morgan fingerprint density at radius 2 is 2.00 bits per heavy atom. The first kappa shape index (κ1) is 14.9. The van der Waals surface area contributed by atoms with Crippen molar-refractivity contribution in [1.29, 1.82) is 0 Å². The summed E-state index contributed by atoms with van der Waals surface area (Å²) in [5.41, 5.74) is 6.04. The highest BCUT2D eigenvalue weighted by Gasteiger charge is 2.08. The van der Waals surface area contributed by atoms with Gasteiger partial charge < -0.3 is 10.5 Å². The third-order valence-electron chi connectivity index (χ3n) is 2.69. The van der Waals surface area contributed by atoms with E-state index in [0.717, 1.165) is 0 Å². The zero-order valence-electron chi connectivity index (χ0n) is 11.0. The average molecular weight is 304 g/mol. The highest BCUT2D eigenvalue weighted by atomic mass is 32.1. The standard InChI is InChI=1S/C15H13FN2O2S/c16-13-7-2-1-4-11(13)9-20-12-6-3-5-10(8-12)14(19)18-15(17)21/h1-8H,9H2,(H3,17,18,19,21). The fourth-order valence-electron chi connectivity index (χ4n) is 1.69. The van der Waals surface area contributed by atoms with Gasteiger partial charge in [-0.2, -0.15) is 0 Å². The summed E-state index contributed by atoms with van der Waals surface area (Å²) in [7, 11) is 0. The molecule has 0 atom stereocenters. The number of ether oxygens (including phenoxy) is 1. The minimum atomic E-state index is -0.418. The molecule has 0 radical (unpaired) electrons. The molecule has 0 saturated carbocycles. The highest BCUT2D eigenvalue weighted by molar-refractivity contribution is 7.80. The van der Waals surface area contributed by atoms with Crippen LogP contribution in [0.15, 0.2) is 48.5 Å². The molecule has 1 amide bonds.